The van der Waals surface area contributed by atoms with Gasteiger partial charge >= 0.3 is 0 Å². The lowest BCUT2D eigenvalue weighted by atomic mass is 9.99. The second kappa shape index (κ2) is 6.32. The van der Waals surface area contributed by atoms with Gasteiger partial charge in [-0.15, -0.1) is 0 Å². The quantitative estimate of drug-likeness (QED) is 0.936. The van der Waals surface area contributed by atoms with Gasteiger partial charge in [-0.1, -0.05) is 6.07 Å². The Hall–Kier alpha value is -2.28. The highest BCUT2D eigenvalue weighted by Crippen LogP contribution is 2.31. The zero-order valence-electron chi connectivity index (χ0n) is 13.9. The summed E-state index contributed by atoms with van der Waals surface area (Å²) in [5, 5.41) is 7.15. The maximum Gasteiger partial charge on any atom is 0.272 e. The highest BCUT2D eigenvalue weighted by Gasteiger charge is 2.35. The SMILES string of the molecule is Cc1cc(C(=O)N[C@@H]2CCN(C)[C@@H]2c2ccc(F)c(F)c2)nn1C. The minimum absolute atomic E-state index is 0.185. The van der Waals surface area contributed by atoms with Crippen molar-refractivity contribution < 1.29 is 13.6 Å². The molecule has 3 rings (SSSR count). The third-order valence-corrected chi connectivity index (χ3v) is 4.60. The van der Waals surface area contributed by atoms with Crippen molar-refractivity contribution >= 4 is 5.91 Å². The number of carbonyl (C=O) groups is 1. The van der Waals surface area contributed by atoms with Crippen LogP contribution in [0.3, 0.4) is 0 Å². The summed E-state index contributed by atoms with van der Waals surface area (Å²) in [5.74, 6) is -2.01. The van der Waals surface area contributed by atoms with Crippen LogP contribution in [0.25, 0.3) is 0 Å². The fourth-order valence-electron chi connectivity index (χ4n) is 3.20. The van der Waals surface area contributed by atoms with Gasteiger partial charge in [0, 0.05) is 19.3 Å². The van der Waals surface area contributed by atoms with Crippen LogP contribution in [0.2, 0.25) is 0 Å². The number of nitrogens with zero attached hydrogens (tertiary/aromatic N) is 3. The fraction of sp³-hybridized carbons (Fsp3) is 0.412. The first-order chi connectivity index (χ1) is 11.4. The van der Waals surface area contributed by atoms with Crippen LogP contribution in [-0.2, 0) is 7.05 Å². The van der Waals surface area contributed by atoms with Crippen LogP contribution < -0.4 is 5.32 Å². The summed E-state index contributed by atoms with van der Waals surface area (Å²) in [7, 11) is 3.68. The Morgan fingerprint density at radius 3 is 2.62 bits per heavy atom. The number of likely N-dealkylation sites (tertiary alicyclic amines) is 1. The molecule has 0 unspecified atom stereocenters. The molecule has 1 aromatic carbocycles. The Labute approximate surface area is 139 Å². The molecule has 0 spiro atoms. The van der Waals surface area contributed by atoms with Gasteiger partial charge in [-0.3, -0.25) is 14.4 Å². The zero-order valence-corrected chi connectivity index (χ0v) is 13.9. The highest BCUT2D eigenvalue weighted by molar-refractivity contribution is 5.92. The van der Waals surface area contributed by atoms with E-state index in [0.717, 1.165) is 24.7 Å². The van der Waals surface area contributed by atoms with Crippen LogP contribution in [0.4, 0.5) is 8.78 Å². The lowest BCUT2D eigenvalue weighted by Gasteiger charge is -2.26. The molecule has 1 saturated heterocycles. The number of halogens is 2. The highest BCUT2D eigenvalue weighted by atomic mass is 19.2. The summed E-state index contributed by atoms with van der Waals surface area (Å²) < 4.78 is 28.4. The first-order valence-electron chi connectivity index (χ1n) is 7.83. The maximum atomic E-state index is 13.6. The first-order valence-corrected chi connectivity index (χ1v) is 7.83. The van der Waals surface area contributed by atoms with Crippen molar-refractivity contribution in [2.75, 3.05) is 13.6 Å². The van der Waals surface area contributed by atoms with Crippen LogP contribution in [0, 0.1) is 18.6 Å². The van der Waals surface area contributed by atoms with Crippen LogP contribution in [0.1, 0.15) is 34.2 Å². The molecule has 1 fully saturated rings. The predicted octanol–water partition coefficient (Wildman–Crippen LogP) is 2.18. The number of aryl methyl sites for hydroxylation is 2. The molecule has 0 saturated carbocycles. The van der Waals surface area contributed by atoms with Gasteiger partial charge in [-0.2, -0.15) is 5.10 Å². The van der Waals surface area contributed by atoms with Crippen molar-refractivity contribution in [2.45, 2.75) is 25.4 Å². The van der Waals surface area contributed by atoms with E-state index in [0.29, 0.717) is 11.3 Å². The maximum absolute atomic E-state index is 13.6. The van der Waals surface area contributed by atoms with Crippen molar-refractivity contribution in [3.05, 3.63) is 52.9 Å². The van der Waals surface area contributed by atoms with Gasteiger partial charge in [0.15, 0.2) is 11.6 Å². The lowest BCUT2D eigenvalue weighted by Crippen LogP contribution is -2.39. The number of aromatic nitrogens is 2. The number of rotatable bonds is 3. The van der Waals surface area contributed by atoms with Crippen LogP contribution in [0.15, 0.2) is 24.3 Å². The molecule has 1 aliphatic heterocycles. The van der Waals surface area contributed by atoms with Gasteiger partial charge in [-0.05, 0) is 44.2 Å². The summed E-state index contributed by atoms with van der Waals surface area (Å²) in [5.41, 5.74) is 1.89. The minimum atomic E-state index is -0.877. The van der Waals surface area contributed by atoms with Gasteiger partial charge in [0.05, 0.1) is 12.1 Å². The van der Waals surface area contributed by atoms with E-state index in [1.807, 2.05) is 18.9 Å². The van der Waals surface area contributed by atoms with E-state index in [2.05, 4.69) is 10.4 Å². The van der Waals surface area contributed by atoms with Crippen LogP contribution >= 0.6 is 0 Å². The van der Waals surface area contributed by atoms with Crippen molar-refractivity contribution in [1.82, 2.24) is 20.0 Å². The van der Waals surface area contributed by atoms with Crippen molar-refractivity contribution in [2.24, 2.45) is 7.05 Å². The number of nitrogens with one attached hydrogen (secondary N) is 1. The smallest absolute Gasteiger partial charge is 0.272 e. The van der Waals surface area contributed by atoms with E-state index in [1.165, 1.54) is 6.07 Å². The monoisotopic (exact) mass is 334 g/mol. The van der Waals surface area contributed by atoms with Gasteiger partial charge in [-0.25, -0.2) is 8.78 Å². The molecule has 0 bridgehead atoms. The number of benzene rings is 1. The van der Waals surface area contributed by atoms with E-state index in [4.69, 9.17) is 0 Å². The molecule has 0 aliphatic carbocycles. The predicted molar refractivity (Wildman–Crippen MR) is 85.5 cm³/mol. The van der Waals surface area contributed by atoms with E-state index in [9.17, 15) is 13.6 Å². The summed E-state index contributed by atoms with van der Waals surface area (Å²) in [6.45, 7) is 2.63. The first kappa shape index (κ1) is 16.6. The average Bonchev–Trinajstić information content (AvgIpc) is 3.06. The van der Waals surface area contributed by atoms with Crippen molar-refractivity contribution in [3.8, 4) is 0 Å². The standard InChI is InChI=1S/C17H20F2N4O/c1-10-8-15(21-23(10)3)17(24)20-14-6-7-22(2)16(14)11-4-5-12(18)13(19)9-11/h4-5,8-9,14,16H,6-7H2,1-3H3,(H,20,24)/t14-,16-/m1/s1. The second-order valence-electron chi connectivity index (χ2n) is 6.26. The van der Waals surface area contributed by atoms with E-state index in [1.54, 1.807) is 23.9 Å². The molecular formula is C17H20F2N4O. The Balaban J connectivity index is 1.81. The Morgan fingerprint density at radius 2 is 2.00 bits per heavy atom. The molecule has 7 heteroatoms. The van der Waals surface area contributed by atoms with Crippen molar-refractivity contribution in [1.29, 1.82) is 0 Å². The topological polar surface area (TPSA) is 50.2 Å². The largest absolute Gasteiger partial charge is 0.346 e. The van der Waals surface area contributed by atoms with Crippen LogP contribution in [0.5, 0.6) is 0 Å². The molecule has 1 amide bonds. The molecule has 1 aromatic heterocycles. The molecule has 2 heterocycles. The molecule has 128 valence electrons. The minimum Gasteiger partial charge on any atom is -0.346 e. The molecule has 5 nitrogen and oxygen atoms in total. The van der Waals surface area contributed by atoms with Crippen molar-refractivity contribution in [3.63, 3.8) is 0 Å². The van der Waals surface area contributed by atoms with E-state index in [-0.39, 0.29) is 18.0 Å². The van der Waals surface area contributed by atoms with Gasteiger partial charge < -0.3 is 5.32 Å². The Morgan fingerprint density at radius 1 is 1.25 bits per heavy atom. The van der Waals surface area contributed by atoms with E-state index < -0.39 is 11.6 Å². The van der Waals surface area contributed by atoms with Gasteiger partial charge in [0.2, 0.25) is 0 Å². The molecule has 1 aliphatic rings. The zero-order chi connectivity index (χ0) is 17.4. The summed E-state index contributed by atoms with van der Waals surface area (Å²) in [6.07, 6.45) is 0.734. The normalized spacial score (nSPS) is 21.2. The summed E-state index contributed by atoms with van der Waals surface area (Å²) >= 11 is 0. The fourth-order valence-corrected chi connectivity index (χ4v) is 3.20. The number of hydrogen-bond donors (Lipinski definition) is 1. The Kier molecular flexibility index (Phi) is 4.36. The molecule has 2 atom stereocenters. The third-order valence-electron chi connectivity index (χ3n) is 4.60. The average molecular weight is 334 g/mol. The number of hydrogen-bond acceptors (Lipinski definition) is 3. The van der Waals surface area contributed by atoms with Gasteiger partial charge in [0.1, 0.15) is 5.69 Å². The molecule has 24 heavy (non-hydrogen) atoms. The number of likely N-dealkylation sites (N-methyl/N-ethyl adjacent to an activating group) is 1. The summed E-state index contributed by atoms with van der Waals surface area (Å²) in [6, 6.07) is 5.22. The van der Waals surface area contributed by atoms with E-state index >= 15 is 0 Å². The number of carbonyl (C=O) groups excluding carboxylic acids is 1. The molecule has 1 N–H and O–H groups in total. The summed E-state index contributed by atoms with van der Waals surface area (Å²) in [4.78, 5) is 14.5. The molecule has 2 aromatic rings. The third kappa shape index (κ3) is 3.03. The Bertz CT molecular complexity index is 754. The second-order valence-corrected chi connectivity index (χ2v) is 6.26. The molecule has 0 radical (unpaired) electrons. The van der Waals surface area contributed by atoms with Crippen LogP contribution in [-0.4, -0.2) is 40.2 Å². The van der Waals surface area contributed by atoms with Gasteiger partial charge in [0.25, 0.3) is 5.91 Å². The number of amides is 1. The molecular weight excluding hydrogens is 314 g/mol. The lowest BCUT2D eigenvalue weighted by molar-refractivity contribution is 0.0922.